The zero-order valence-corrected chi connectivity index (χ0v) is 19.4. The average molecular weight is 418 g/mol. The topological polar surface area (TPSA) is 37.2 Å². The van der Waals surface area contributed by atoms with E-state index in [2.05, 4.69) is 85.2 Å². The van der Waals surface area contributed by atoms with Crippen LogP contribution in [0.3, 0.4) is 0 Å². The molecule has 0 amide bonds. The molecule has 5 nitrogen and oxygen atoms in total. The van der Waals surface area contributed by atoms with Crippen molar-refractivity contribution in [3.05, 3.63) is 71.5 Å². The van der Waals surface area contributed by atoms with Crippen LogP contribution in [0, 0.1) is 0 Å². The number of nitrogens with zero attached hydrogens (tertiary/aromatic N) is 5. The van der Waals surface area contributed by atoms with E-state index in [-0.39, 0.29) is 5.41 Å². The fraction of sp³-hybridized carbons (Fsp3) is 0.462. The summed E-state index contributed by atoms with van der Waals surface area (Å²) in [6.07, 6.45) is 1.13. The smallest absolute Gasteiger partial charge is 0.165 e. The molecule has 1 saturated heterocycles. The van der Waals surface area contributed by atoms with Gasteiger partial charge in [0.1, 0.15) is 0 Å². The largest absolute Gasteiger partial charge is 0.300 e. The molecule has 1 aliphatic heterocycles. The van der Waals surface area contributed by atoms with E-state index in [1.165, 1.54) is 11.1 Å². The van der Waals surface area contributed by atoms with E-state index < -0.39 is 0 Å². The Morgan fingerprint density at radius 3 is 2.13 bits per heavy atom. The van der Waals surface area contributed by atoms with Crippen LogP contribution in [0.2, 0.25) is 0 Å². The lowest BCUT2D eigenvalue weighted by Gasteiger charge is -2.34. The van der Waals surface area contributed by atoms with Gasteiger partial charge in [-0.25, -0.2) is 9.67 Å². The van der Waals surface area contributed by atoms with Gasteiger partial charge in [-0.1, -0.05) is 75.4 Å². The summed E-state index contributed by atoms with van der Waals surface area (Å²) in [4.78, 5) is 9.90. The second-order valence-electron chi connectivity index (χ2n) is 9.66. The summed E-state index contributed by atoms with van der Waals surface area (Å²) in [6, 6.07) is 19.5. The van der Waals surface area contributed by atoms with Crippen LogP contribution in [0.15, 0.2) is 54.6 Å². The third-order valence-corrected chi connectivity index (χ3v) is 6.21. The molecular formula is C26H35N5. The molecule has 0 N–H and O–H groups in total. The first-order valence-electron chi connectivity index (χ1n) is 11.4. The highest BCUT2D eigenvalue weighted by atomic mass is 15.4. The number of aromatic nitrogens is 3. The van der Waals surface area contributed by atoms with Gasteiger partial charge in [0.05, 0.1) is 6.54 Å². The number of hydrogen-bond acceptors (Lipinski definition) is 4. The summed E-state index contributed by atoms with van der Waals surface area (Å²) in [5.41, 5.74) is 4.04. The second kappa shape index (κ2) is 9.33. The van der Waals surface area contributed by atoms with Crippen LogP contribution in [-0.2, 0) is 25.4 Å². The lowest BCUT2D eigenvalue weighted by molar-refractivity contribution is 0.126. The molecule has 3 aromatic rings. The average Bonchev–Trinajstić information content (AvgIpc) is 3.13. The van der Waals surface area contributed by atoms with Gasteiger partial charge in [0, 0.05) is 45.3 Å². The first kappa shape index (κ1) is 21.7. The van der Waals surface area contributed by atoms with Crippen LogP contribution in [0.1, 0.15) is 37.7 Å². The predicted molar refractivity (Wildman–Crippen MR) is 127 cm³/mol. The van der Waals surface area contributed by atoms with Gasteiger partial charge in [-0.2, -0.15) is 5.10 Å². The zero-order valence-electron chi connectivity index (χ0n) is 19.4. The second-order valence-corrected chi connectivity index (χ2v) is 9.66. The van der Waals surface area contributed by atoms with Crippen LogP contribution in [0.5, 0.6) is 0 Å². The molecule has 0 spiro atoms. The van der Waals surface area contributed by atoms with Crippen molar-refractivity contribution in [3.63, 3.8) is 0 Å². The molecule has 0 saturated carbocycles. The normalized spacial score (nSPS) is 16.0. The van der Waals surface area contributed by atoms with E-state index >= 15 is 0 Å². The molecule has 1 aliphatic rings. The summed E-state index contributed by atoms with van der Waals surface area (Å²) >= 11 is 0. The van der Waals surface area contributed by atoms with E-state index in [0.717, 1.165) is 62.9 Å². The summed E-state index contributed by atoms with van der Waals surface area (Å²) in [7, 11) is 1.99. The summed E-state index contributed by atoms with van der Waals surface area (Å²) in [6.45, 7) is 13.0. The van der Waals surface area contributed by atoms with Crippen molar-refractivity contribution in [2.75, 3.05) is 32.7 Å². The van der Waals surface area contributed by atoms with E-state index in [1.54, 1.807) is 0 Å². The van der Waals surface area contributed by atoms with Gasteiger partial charge in [-0.3, -0.25) is 4.90 Å². The number of piperazine rings is 1. The van der Waals surface area contributed by atoms with Gasteiger partial charge in [0.25, 0.3) is 0 Å². The van der Waals surface area contributed by atoms with Crippen molar-refractivity contribution in [2.24, 2.45) is 7.05 Å². The highest BCUT2D eigenvalue weighted by Gasteiger charge is 2.20. The fourth-order valence-corrected chi connectivity index (χ4v) is 4.18. The zero-order chi connectivity index (χ0) is 21.8. The van der Waals surface area contributed by atoms with Crippen LogP contribution in [-0.4, -0.2) is 57.3 Å². The van der Waals surface area contributed by atoms with Gasteiger partial charge in [0.2, 0.25) is 0 Å². The summed E-state index contributed by atoms with van der Waals surface area (Å²) in [5, 5.41) is 4.70. The lowest BCUT2D eigenvalue weighted by atomic mass is 9.87. The van der Waals surface area contributed by atoms with Crippen molar-refractivity contribution < 1.29 is 0 Å². The van der Waals surface area contributed by atoms with E-state index in [9.17, 15) is 0 Å². The third-order valence-electron chi connectivity index (χ3n) is 6.21. The first-order valence-corrected chi connectivity index (χ1v) is 11.4. The van der Waals surface area contributed by atoms with Crippen LogP contribution < -0.4 is 0 Å². The summed E-state index contributed by atoms with van der Waals surface area (Å²) < 4.78 is 1.91. The van der Waals surface area contributed by atoms with Gasteiger partial charge in [-0.15, -0.1) is 0 Å². The molecule has 164 valence electrons. The van der Waals surface area contributed by atoms with Crippen LogP contribution in [0.4, 0.5) is 0 Å². The van der Waals surface area contributed by atoms with E-state index in [1.807, 2.05) is 11.7 Å². The van der Waals surface area contributed by atoms with Crippen molar-refractivity contribution in [1.29, 1.82) is 0 Å². The minimum absolute atomic E-state index is 0.160. The van der Waals surface area contributed by atoms with E-state index in [4.69, 9.17) is 10.1 Å². The molecular weight excluding hydrogens is 382 g/mol. The van der Waals surface area contributed by atoms with Gasteiger partial charge in [-0.05, 0) is 23.0 Å². The molecule has 0 atom stereocenters. The van der Waals surface area contributed by atoms with Crippen molar-refractivity contribution in [3.8, 4) is 11.4 Å². The van der Waals surface area contributed by atoms with Crippen LogP contribution >= 0.6 is 0 Å². The van der Waals surface area contributed by atoms with Gasteiger partial charge >= 0.3 is 0 Å². The minimum Gasteiger partial charge on any atom is -0.300 e. The third kappa shape index (κ3) is 5.60. The molecule has 1 aromatic heterocycles. The number of hydrogen-bond donors (Lipinski definition) is 0. The standard InChI is InChI=1S/C26H35N5/c1-26(2,3)23-12-10-22(11-13-23)25-27-24(28-29(25)4)20-31-18-16-30(17-19-31)15-14-21-8-6-5-7-9-21/h5-13H,14-20H2,1-4H3. The lowest BCUT2D eigenvalue weighted by Crippen LogP contribution is -2.46. The number of rotatable bonds is 6. The molecule has 0 bridgehead atoms. The maximum Gasteiger partial charge on any atom is 0.165 e. The first-order chi connectivity index (χ1) is 14.9. The van der Waals surface area contributed by atoms with Gasteiger partial charge in [0.15, 0.2) is 11.6 Å². The van der Waals surface area contributed by atoms with Gasteiger partial charge < -0.3 is 4.90 Å². The minimum atomic E-state index is 0.160. The van der Waals surface area contributed by atoms with Crippen LogP contribution in [0.25, 0.3) is 11.4 Å². The summed E-state index contributed by atoms with van der Waals surface area (Å²) in [5.74, 6) is 1.85. The highest BCUT2D eigenvalue weighted by molar-refractivity contribution is 5.56. The molecule has 4 rings (SSSR count). The molecule has 0 unspecified atom stereocenters. The Morgan fingerprint density at radius 2 is 1.48 bits per heavy atom. The Balaban J connectivity index is 1.31. The Bertz CT molecular complexity index is 961. The predicted octanol–water partition coefficient (Wildman–Crippen LogP) is 4.14. The fourth-order valence-electron chi connectivity index (χ4n) is 4.18. The molecule has 2 aromatic carbocycles. The molecule has 2 heterocycles. The Morgan fingerprint density at radius 1 is 0.839 bits per heavy atom. The molecule has 5 heteroatoms. The monoisotopic (exact) mass is 417 g/mol. The molecule has 0 aliphatic carbocycles. The van der Waals surface area contributed by atoms with Crippen molar-refractivity contribution >= 4 is 0 Å². The Labute approximate surface area is 186 Å². The highest BCUT2D eigenvalue weighted by Crippen LogP contribution is 2.25. The maximum absolute atomic E-state index is 4.86. The number of benzene rings is 2. The number of aryl methyl sites for hydroxylation is 1. The maximum atomic E-state index is 4.86. The SMILES string of the molecule is Cn1nc(CN2CCN(CCc3ccccc3)CC2)nc1-c1ccc(C(C)(C)C)cc1. The molecule has 0 radical (unpaired) electrons. The van der Waals surface area contributed by atoms with Crippen molar-refractivity contribution in [1.82, 2.24) is 24.6 Å². The molecule has 1 fully saturated rings. The quantitative estimate of drug-likeness (QED) is 0.604. The van der Waals surface area contributed by atoms with Crippen molar-refractivity contribution in [2.45, 2.75) is 39.2 Å². The molecule has 31 heavy (non-hydrogen) atoms. The Hall–Kier alpha value is -2.50. The Kier molecular flexibility index (Phi) is 6.54. The van der Waals surface area contributed by atoms with E-state index in [0.29, 0.717) is 0 Å².